The summed E-state index contributed by atoms with van der Waals surface area (Å²) in [5.74, 6) is 0.0154. The van der Waals surface area contributed by atoms with Gasteiger partial charge in [-0.25, -0.2) is 4.57 Å². The van der Waals surface area contributed by atoms with Gasteiger partial charge in [0, 0.05) is 19.5 Å². The number of carbonyl (C=O) groups excluding carboxylic acids is 1. The van der Waals surface area contributed by atoms with Crippen molar-refractivity contribution in [3.63, 3.8) is 0 Å². The predicted octanol–water partition coefficient (Wildman–Crippen LogP) is 3.81. The highest BCUT2D eigenvalue weighted by atomic mass is 31.2. The van der Waals surface area contributed by atoms with Crippen LogP contribution in [0.1, 0.15) is 41.5 Å². The van der Waals surface area contributed by atoms with Crippen molar-refractivity contribution in [2.75, 3.05) is 13.1 Å². The van der Waals surface area contributed by atoms with Crippen LogP contribution in [0.2, 0.25) is 0 Å². The highest BCUT2D eigenvalue weighted by Gasteiger charge is 2.31. The van der Waals surface area contributed by atoms with E-state index >= 15 is 0 Å². The summed E-state index contributed by atoms with van der Waals surface area (Å²) in [4.78, 5) is 31.7. The van der Waals surface area contributed by atoms with Crippen molar-refractivity contribution >= 4 is 13.7 Å². The fraction of sp³-hybridized carbons (Fsp3) is 0.435. The standard InChI is InChI=1S/C23H30NO5P/c1-18-5-2-3-7-21(18)14-13-20-11-9-19(10-12-20)6-4-8-23(25)24-16-15-22(17-24)29-30(26,27)28/h2-3,5,7,9-12,22H,4,6,8,13-17H2,1H3,(H2,26,27,28)/t22-/m1/s1. The molecule has 1 amide bonds. The summed E-state index contributed by atoms with van der Waals surface area (Å²) in [6.45, 7) is 2.88. The summed E-state index contributed by atoms with van der Waals surface area (Å²) in [7, 11) is -4.50. The van der Waals surface area contributed by atoms with Crippen molar-refractivity contribution in [2.24, 2.45) is 0 Å². The van der Waals surface area contributed by atoms with E-state index < -0.39 is 13.9 Å². The maximum absolute atomic E-state index is 12.3. The summed E-state index contributed by atoms with van der Waals surface area (Å²) in [5.41, 5.74) is 5.24. The summed E-state index contributed by atoms with van der Waals surface area (Å²) in [6, 6.07) is 17.1. The quantitative estimate of drug-likeness (QED) is 0.590. The zero-order valence-corrected chi connectivity index (χ0v) is 18.3. The van der Waals surface area contributed by atoms with E-state index in [-0.39, 0.29) is 12.5 Å². The lowest BCUT2D eigenvalue weighted by atomic mass is 9.99. The second-order valence-corrected chi connectivity index (χ2v) is 9.13. The molecule has 6 nitrogen and oxygen atoms in total. The molecule has 2 aromatic carbocycles. The van der Waals surface area contributed by atoms with Gasteiger partial charge in [0.25, 0.3) is 0 Å². The van der Waals surface area contributed by atoms with Crippen molar-refractivity contribution in [3.8, 4) is 0 Å². The SMILES string of the molecule is Cc1ccccc1CCc1ccc(CCCC(=O)N2CC[C@@H](OP(=O)(O)O)C2)cc1. The Labute approximate surface area is 178 Å². The van der Waals surface area contributed by atoms with Gasteiger partial charge in [-0.3, -0.25) is 9.32 Å². The molecule has 2 aromatic rings. The van der Waals surface area contributed by atoms with Crippen LogP contribution in [0.4, 0.5) is 0 Å². The molecule has 2 N–H and O–H groups in total. The minimum absolute atomic E-state index is 0.0154. The van der Waals surface area contributed by atoms with Gasteiger partial charge in [-0.05, 0) is 61.3 Å². The number of hydrogen-bond acceptors (Lipinski definition) is 3. The molecule has 1 aliphatic heterocycles. The Kier molecular flexibility index (Phi) is 7.84. The molecule has 1 aliphatic rings. The maximum atomic E-state index is 12.3. The first-order valence-corrected chi connectivity index (χ1v) is 12.0. The second-order valence-electron chi connectivity index (χ2n) is 7.94. The fourth-order valence-electron chi connectivity index (χ4n) is 3.88. The van der Waals surface area contributed by atoms with E-state index in [1.54, 1.807) is 4.90 Å². The maximum Gasteiger partial charge on any atom is 0.469 e. The van der Waals surface area contributed by atoms with Crippen LogP contribution in [-0.2, 0) is 33.1 Å². The third kappa shape index (κ3) is 7.06. The first-order chi connectivity index (χ1) is 14.3. The van der Waals surface area contributed by atoms with Gasteiger partial charge in [-0.1, -0.05) is 48.5 Å². The molecule has 1 saturated heterocycles. The van der Waals surface area contributed by atoms with Crippen LogP contribution in [0.25, 0.3) is 0 Å². The smallest absolute Gasteiger partial charge is 0.340 e. The molecule has 1 heterocycles. The Morgan fingerprint density at radius 1 is 1.07 bits per heavy atom. The Morgan fingerprint density at radius 3 is 2.40 bits per heavy atom. The van der Waals surface area contributed by atoms with Gasteiger partial charge < -0.3 is 14.7 Å². The number of carbonyl (C=O) groups is 1. The van der Waals surface area contributed by atoms with Gasteiger partial charge in [0.05, 0.1) is 6.10 Å². The summed E-state index contributed by atoms with van der Waals surface area (Å²) < 4.78 is 15.6. The highest BCUT2D eigenvalue weighted by Crippen LogP contribution is 2.39. The van der Waals surface area contributed by atoms with Crippen molar-refractivity contribution in [1.82, 2.24) is 4.90 Å². The van der Waals surface area contributed by atoms with Gasteiger partial charge in [0.2, 0.25) is 5.91 Å². The third-order valence-corrected chi connectivity index (χ3v) is 6.18. The first kappa shape index (κ1) is 22.7. The average molecular weight is 431 g/mol. The molecule has 7 heteroatoms. The van der Waals surface area contributed by atoms with Crippen LogP contribution in [0, 0.1) is 6.92 Å². The minimum Gasteiger partial charge on any atom is -0.340 e. The Bertz CT molecular complexity index is 893. The number of hydrogen-bond donors (Lipinski definition) is 2. The van der Waals surface area contributed by atoms with Crippen LogP contribution in [-0.4, -0.2) is 39.8 Å². The molecule has 1 atom stereocenters. The van der Waals surface area contributed by atoms with E-state index in [0.29, 0.717) is 19.4 Å². The van der Waals surface area contributed by atoms with E-state index in [1.165, 1.54) is 22.3 Å². The third-order valence-electron chi connectivity index (χ3n) is 5.61. The topological polar surface area (TPSA) is 87.1 Å². The van der Waals surface area contributed by atoms with Crippen molar-refractivity contribution < 1.29 is 23.7 Å². The molecule has 0 bridgehead atoms. The molecule has 0 radical (unpaired) electrons. The summed E-state index contributed by atoms with van der Waals surface area (Å²) in [5, 5.41) is 0. The van der Waals surface area contributed by atoms with Crippen molar-refractivity contribution in [1.29, 1.82) is 0 Å². The van der Waals surface area contributed by atoms with Gasteiger partial charge >= 0.3 is 7.82 Å². The Hall–Kier alpha value is -1.98. The van der Waals surface area contributed by atoms with E-state index in [9.17, 15) is 9.36 Å². The zero-order chi connectivity index (χ0) is 21.6. The van der Waals surface area contributed by atoms with E-state index in [2.05, 4.69) is 55.5 Å². The number of amides is 1. The van der Waals surface area contributed by atoms with E-state index in [1.807, 2.05) is 0 Å². The van der Waals surface area contributed by atoms with Gasteiger partial charge in [-0.2, -0.15) is 0 Å². The summed E-state index contributed by atoms with van der Waals surface area (Å²) in [6.07, 6.45) is 3.93. The van der Waals surface area contributed by atoms with Crippen LogP contribution >= 0.6 is 7.82 Å². The average Bonchev–Trinajstić information content (AvgIpc) is 3.15. The molecule has 0 aromatic heterocycles. The van der Waals surface area contributed by atoms with E-state index in [4.69, 9.17) is 14.3 Å². The van der Waals surface area contributed by atoms with Crippen molar-refractivity contribution in [2.45, 2.75) is 51.6 Å². The molecule has 3 rings (SSSR count). The number of phosphoric ester groups is 1. The van der Waals surface area contributed by atoms with Crippen LogP contribution in [0.5, 0.6) is 0 Å². The van der Waals surface area contributed by atoms with Crippen LogP contribution in [0.3, 0.4) is 0 Å². The number of rotatable bonds is 9. The number of benzene rings is 2. The fourth-order valence-corrected chi connectivity index (χ4v) is 4.44. The predicted molar refractivity (Wildman–Crippen MR) is 116 cm³/mol. The molecule has 162 valence electrons. The number of likely N-dealkylation sites (tertiary alicyclic amines) is 1. The van der Waals surface area contributed by atoms with Gasteiger partial charge in [0.15, 0.2) is 0 Å². The molecule has 0 aliphatic carbocycles. The minimum atomic E-state index is -4.50. The van der Waals surface area contributed by atoms with E-state index in [0.717, 1.165) is 25.7 Å². The molecule has 30 heavy (non-hydrogen) atoms. The largest absolute Gasteiger partial charge is 0.469 e. The molecule has 1 fully saturated rings. The monoisotopic (exact) mass is 431 g/mol. The molecule has 0 unspecified atom stereocenters. The lowest BCUT2D eigenvalue weighted by Gasteiger charge is -2.17. The number of phosphoric acid groups is 1. The zero-order valence-electron chi connectivity index (χ0n) is 17.4. The van der Waals surface area contributed by atoms with Crippen LogP contribution in [0.15, 0.2) is 48.5 Å². The second kappa shape index (κ2) is 10.4. The molecular weight excluding hydrogens is 401 g/mol. The first-order valence-electron chi connectivity index (χ1n) is 10.4. The Morgan fingerprint density at radius 2 is 1.73 bits per heavy atom. The summed E-state index contributed by atoms with van der Waals surface area (Å²) >= 11 is 0. The molecule has 0 saturated carbocycles. The van der Waals surface area contributed by atoms with Gasteiger partial charge in [-0.15, -0.1) is 0 Å². The van der Waals surface area contributed by atoms with Crippen LogP contribution < -0.4 is 0 Å². The lowest BCUT2D eigenvalue weighted by molar-refractivity contribution is -0.130. The molecular formula is C23H30NO5P. The van der Waals surface area contributed by atoms with Crippen molar-refractivity contribution in [3.05, 3.63) is 70.8 Å². The lowest BCUT2D eigenvalue weighted by Crippen LogP contribution is -2.29. The highest BCUT2D eigenvalue weighted by molar-refractivity contribution is 7.46. The number of nitrogens with zero attached hydrogens (tertiary/aromatic N) is 1. The Balaban J connectivity index is 1.38. The molecule has 0 spiro atoms. The number of aryl methyl sites for hydroxylation is 4. The normalized spacial score (nSPS) is 16.8. The van der Waals surface area contributed by atoms with Gasteiger partial charge in [0.1, 0.15) is 0 Å².